The summed E-state index contributed by atoms with van der Waals surface area (Å²) in [5.41, 5.74) is 9.38. The van der Waals surface area contributed by atoms with Crippen LogP contribution in [-0.4, -0.2) is 20.0 Å². The van der Waals surface area contributed by atoms with Gasteiger partial charge in [0.05, 0.1) is 11.9 Å². The van der Waals surface area contributed by atoms with Crippen LogP contribution < -0.4 is 5.73 Å². The molecule has 0 amide bonds. The second kappa shape index (κ2) is 5.05. The van der Waals surface area contributed by atoms with Gasteiger partial charge in [-0.15, -0.1) is 0 Å². The van der Waals surface area contributed by atoms with Crippen LogP contribution in [0.3, 0.4) is 0 Å². The SMILES string of the molecule is CCc1cc(CC(N)c2ccnnc2)n(C)n1. The summed E-state index contributed by atoms with van der Waals surface area (Å²) < 4.78 is 1.90. The van der Waals surface area contributed by atoms with Crippen molar-refractivity contribution in [2.75, 3.05) is 0 Å². The standard InChI is InChI=1S/C12H17N5/c1-3-10-6-11(17(2)16-10)7-12(13)9-4-5-14-15-8-9/h4-6,8,12H,3,7,13H2,1-2H3. The van der Waals surface area contributed by atoms with Crippen LogP contribution in [0.25, 0.3) is 0 Å². The Labute approximate surface area is 101 Å². The summed E-state index contributed by atoms with van der Waals surface area (Å²) in [7, 11) is 1.95. The molecule has 0 aliphatic carbocycles. The Morgan fingerprint density at radius 1 is 1.41 bits per heavy atom. The van der Waals surface area contributed by atoms with Gasteiger partial charge in [0.2, 0.25) is 0 Å². The first-order valence-electron chi connectivity index (χ1n) is 5.74. The summed E-state index contributed by atoms with van der Waals surface area (Å²) in [6.45, 7) is 2.10. The Morgan fingerprint density at radius 3 is 2.82 bits per heavy atom. The lowest BCUT2D eigenvalue weighted by Crippen LogP contribution is -2.15. The van der Waals surface area contributed by atoms with E-state index >= 15 is 0 Å². The van der Waals surface area contributed by atoms with E-state index in [0.717, 1.165) is 29.8 Å². The third-order valence-electron chi connectivity index (χ3n) is 2.85. The molecular formula is C12H17N5. The fourth-order valence-electron chi connectivity index (χ4n) is 1.80. The average molecular weight is 231 g/mol. The van der Waals surface area contributed by atoms with Crippen LogP contribution in [0.4, 0.5) is 0 Å². The van der Waals surface area contributed by atoms with Gasteiger partial charge in [0, 0.05) is 31.4 Å². The van der Waals surface area contributed by atoms with E-state index in [9.17, 15) is 0 Å². The number of rotatable bonds is 4. The summed E-state index contributed by atoms with van der Waals surface area (Å²) in [5.74, 6) is 0. The molecule has 0 saturated carbocycles. The van der Waals surface area contributed by atoms with Crippen LogP contribution in [0, 0.1) is 0 Å². The lowest BCUT2D eigenvalue weighted by Gasteiger charge is -2.10. The summed E-state index contributed by atoms with van der Waals surface area (Å²) in [5, 5.41) is 12.0. The van der Waals surface area contributed by atoms with Crippen LogP contribution in [-0.2, 0) is 19.9 Å². The summed E-state index contributed by atoms with van der Waals surface area (Å²) in [6, 6.07) is 3.94. The van der Waals surface area contributed by atoms with Gasteiger partial charge in [-0.3, -0.25) is 4.68 Å². The third-order valence-corrected chi connectivity index (χ3v) is 2.85. The number of nitrogens with zero attached hydrogens (tertiary/aromatic N) is 4. The average Bonchev–Trinajstić information content (AvgIpc) is 2.71. The maximum atomic E-state index is 6.14. The number of aryl methyl sites for hydroxylation is 2. The molecular weight excluding hydrogens is 214 g/mol. The van der Waals surface area contributed by atoms with Crippen LogP contribution in [0.1, 0.15) is 29.9 Å². The number of hydrogen-bond acceptors (Lipinski definition) is 4. The Morgan fingerprint density at radius 2 is 2.24 bits per heavy atom. The molecule has 2 aromatic rings. The van der Waals surface area contributed by atoms with Gasteiger partial charge < -0.3 is 5.73 Å². The Hall–Kier alpha value is -1.75. The van der Waals surface area contributed by atoms with Gasteiger partial charge in [-0.2, -0.15) is 15.3 Å². The maximum Gasteiger partial charge on any atom is 0.0624 e. The first-order valence-corrected chi connectivity index (χ1v) is 5.74. The van der Waals surface area contributed by atoms with E-state index in [4.69, 9.17) is 5.73 Å². The molecule has 1 atom stereocenters. The van der Waals surface area contributed by atoms with Gasteiger partial charge in [-0.05, 0) is 24.1 Å². The molecule has 2 N–H and O–H groups in total. The van der Waals surface area contributed by atoms with Crippen molar-refractivity contribution in [1.29, 1.82) is 0 Å². The minimum Gasteiger partial charge on any atom is -0.324 e. The van der Waals surface area contributed by atoms with Gasteiger partial charge in [0.25, 0.3) is 0 Å². The van der Waals surface area contributed by atoms with Gasteiger partial charge in [0.1, 0.15) is 0 Å². The van der Waals surface area contributed by atoms with E-state index in [1.54, 1.807) is 12.4 Å². The van der Waals surface area contributed by atoms with Gasteiger partial charge in [-0.25, -0.2) is 0 Å². The first-order chi connectivity index (χ1) is 8.20. The molecule has 5 nitrogen and oxygen atoms in total. The lowest BCUT2D eigenvalue weighted by molar-refractivity contribution is 0.635. The Kier molecular flexibility index (Phi) is 3.49. The van der Waals surface area contributed by atoms with Crippen molar-refractivity contribution < 1.29 is 0 Å². The predicted octanol–water partition coefficient (Wildman–Crippen LogP) is 1.02. The van der Waals surface area contributed by atoms with Crippen molar-refractivity contribution in [3.63, 3.8) is 0 Å². The van der Waals surface area contributed by atoms with E-state index in [1.807, 2.05) is 17.8 Å². The number of nitrogens with two attached hydrogens (primary N) is 1. The molecule has 17 heavy (non-hydrogen) atoms. The first kappa shape index (κ1) is 11.7. The molecule has 2 rings (SSSR count). The molecule has 5 heteroatoms. The Bertz CT molecular complexity index is 477. The van der Waals surface area contributed by atoms with Crippen LogP contribution in [0.5, 0.6) is 0 Å². The smallest absolute Gasteiger partial charge is 0.0624 e. The van der Waals surface area contributed by atoms with Crippen molar-refractivity contribution in [1.82, 2.24) is 20.0 Å². The second-order valence-electron chi connectivity index (χ2n) is 4.09. The minimum atomic E-state index is -0.0643. The molecule has 1 unspecified atom stereocenters. The Balaban J connectivity index is 2.13. The van der Waals surface area contributed by atoms with Crippen molar-refractivity contribution in [3.05, 3.63) is 41.5 Å². The fourth-order valence-corrected chi connectivity index (χ4v) is 1.80. The molecule has 2 heterocycles. The lowest BCUT2D eigenvalue weighted by atomic mass is 10.1. The highest BCUT2D eigenvalue weighted by Crippen LogP contribution is 2.15. The largest absolute Gasteiger partial charge is 0.324 e. The normalized spacial score (nSPS) is 12.6. The highest BCUT2D eigenvalue weighted by atomic mass is 15.3. The van der Waals surface area contributed by atoms with Gasteiger partial charge in [0.15, 0.2) is 0 Å². The quantitative estimate of drug-likeness (QED) is 0.852. The molecule has 0 radical (unpaired) electrons. The zero-order chi connectivity index (χ0) is 12.3. The summed E-state index contributed by atoms with van der Waals surface area (Å²) in [4.78, 5) is 0. The monoisotopic (exact) mass is 231 g/mol. The van der Waals surface area contributed by atoms with E-state index in [0.29, 0.717) is 0 Å². The predicted molar refractivity (Wildman–Crippen MR) is 65.3 cm³/mol. The van der Waals surface area contributed by atoms with E-state index in [-0.39, 0.29) is 6.04 Å². The molecule has 90 valence electrons. The maximum absolute atomic E-state index is 6.14. The van der Waals surface area contributed by atoms with Gasteiger partial charge >= 0.3 is 0 Å². The molecule has 0 spiro atoms. The number of hydrogen-bond donors (Lipinski definition) is 1. The third kappa shape index (κ3) is 2.68. The minimum absolute atomic E-state index is 0.0643. The van der Waals surface area contributed by atoms with E-state index in [2.05, 4.69) is 28.3 Å². The van der Waals surface area contributed by atoms with Crippen LogP contribution >= 0.6 is 0 Å². The summed E-state index contributed by atoms with van der Waals surface area (Å²) in [6.07, 6.45) is 5.08. The van der Waals surface area contributed by atoms with Crippen molar-refractivity contribution in [2.45, 2.75) is 25.8 Å². The molecule has 2 aromatic heterocycles. The molecule has 0 aliphatic rings. The van der Waals surface area contributed by atoms with Gasteiger partial charge in [-0.1, -0.05) is 6.92 Å². The fraction of sp³-hybridized carbons (Fsp3) is 0.417. The highest BCUT2D eigenvalue weighted by Gasteiger charge is 2.11. The molecule has 0 aliphatic heterocycles. The van der Waals surface area contributed by atoms with Crippen LogP contribution in [0.2, 0.25) is 0 Å². The van der Waals surface area contributed by atoms with Crippen LogP contribution in [0.15, 0.2) is 24.5 Å². The van der Waals surface area contributed by atoms with E-state index < -0.39 is 0 Å². The van der Waals surface area contributed by atoms with Crippen molar-refractivity contribution in [3.8, 4) is 0 Å². The molecule has 0 saturated heterocycles. The highest BCUT2D eigenvalue weighted by molar-refractivity contribution is 5.17. The molecule has 0 bridgehead atoms. The van der Waals surface area contributed by atoms with E-state index in [1.165, 1.54) is 0 Å². The second-order valence-corrected chi connectivity index (χ2v) is 4.09. The zero-order valence-corrected chi connectivity index (χ0v) is 10.2. The topological polar surface area (TPSA) is 69.6 Å². The summed E-state index contributed by atoms with van der Waals surface area (Å²) >= 11 is 0. The van der Waals surface area contributed by atoms with Crippen molar-refractivity contribution >= 4 is 0 Å². The molecule has 0 aromatic carbocycles. The zero-order valence-electron chi connectivity index (χ0n) is 10.2. The van der Waals surface area contributed by atoms with Crippen molar-refractivity contribution in [2.24, 2.45) is 12.8 Å². The number of aromatic nitrogens is 4. The molecule has 0 fully saturated rings.